The van der Waals surface area contributed by atoms with E-state index in [2.05, 4.69) is 4.98 Å². The highest BCUT2D eigenvalue weighted by Crippen LogP contribution is 2.29. The van der Waals surface area contributed by atoms with Crippen molar-refractivity contribution in [2.75, 3.05) is 13.1 Å². The molecule has 0 N–H and O–H groups in total. The molecule has 0 spiro atoms. The van der Waals surface area contributed by atoms with Gasteiger partial charge in [0.05, 0.1) is 24.0 Å². The maximum atomic E-state index is 12.6. The highest BCUT2D eigenvalue weighted by atomic mass is 19.4. The Balaban J connectivity index is 1.34. The van der Waals surface area contributed by atoms with Crippen molar-refractivity contribution < 1.29 is 22.7 Å². The van der Waals surface area contributed by atoms with Gasteiger partial charge in [-0.2, -0.15) is 13.2 Å². The first-order valence-electron chi connectivity index (χ1n) is 9.35. The zero-order chi connectivity index (χ0) is 20.4. The molecule has 7 heteroatoms. The Morgan fingerprint density at radius 1 is 1.07 bits per heavy atom. The first-order valence-corrected chi connectivity index (χ1v) is 9.35. The van der Waals surface area contributed by atoms with Crippen LogP contribution in [0.2, 0.25) is 0 Å². The molecule has 1 atom stereocenters. The van der Waals surface area contributed by atoms with Crippen molar-refractivity contribution >= 4 is 16.8 Å². The van der Waals surface area contributed by atoms with Gasteiger partial charge >= 0.3 is 6.18 Å². The van der Waals surface area contributed by atoms with Crippen molar-refractivity contribution in [2.24, 2.45) is 0 Å². The molecule has 29 heavy (non-hydrogen) atoms. The number of alkyl halides is 3. The summed E-state index contributed by atoms with van der Waals surface area (Å²) >= 11 is 0. The molecule has 150 valence electrons. The predicted octanol–water partition coefficient (Wildman–Crippen LogP) is 4.48. The van der Waals surface area contributed by atoms with Gasteiger partial charge in [0.1, 0.15) is 6.10 Å². The van der Waals surface area contributed by atoms with Crippen LogP contribution in [0.4, 0.5) is 13.2 Å². The molecule has 1 amide bonds. The Labute approximate surface area is 165 Å². The van der Waals surface area contributed by atoms with E-state index in [1.54, 1.807) is 4.90 Å². The van der Waals surface area contributed by atoms with E-state index in [0.717, 1.165) is 23.0 Å². The summed E-state index contributed by atoms with van der Waals surface area (Å²) in [6, 6.07) is 16.2. The summed E-state index contributed by atoms with van der Waals surface area (Å²) < 4.78 is 43.9. The number of fused-ring (bicyclic) bond motifs is 1. The van der Waals surface area contributed by atoms with Gasteiger partial charge in [0.15, 0.2) is 0 Å². The first-order chi connectivity index (χ1) is 13.9. The molecule has 0 radical (unpaired) electrons. The zero-order valence-corrected chi connectivity index (χ0v) is 15.5. The number of hydrogen-bond acceptors (Lipinski definition) is 3. The largest absolute Gasteiger partial charge is 0.472 e. The second kappa shape index (κ2) is 7.73. The minimum atomic E-state index is -4.38. The van der Waals surface area contributed by atoms with E-state index < -0.39 is 11.7 Å². The molecule has 1 aliphatic rings. The number of rotatable bonds is 4. The van der Waals surface area contributed by atoms with Crippen LogP contribution in [-0.2, 0) is 17.4 Å². The molecule has 1 aliphatic heterocycles. The number of benzene rings is 2. The van der Waals surface area contributed by atoms with Crippen LogP contribution in [0, 0.1) is 0 Å². The van der Waals surface area contributed by atoms with Gasteiger partial charge < -0.3 is 9.64 Å². The Morgan fingerprint density at radius 3 is 2.59 bits per heavy atom. The minimum Gasteiger partial charge on any atom is -0.472 e. The highest BCUT2D eigenvalue weighted by Gasteiger charge is 2.31. The van der Waals surface area contributed by atoms with Crippen molar-refractivity contribution in [3.8, 4) is 5.88 Å². The molecule has 0 saturated carbocycles. The van der Waals surface area contributed by atoms with Gasteiger partial charge in [-0.25, -0.2) is 4.98 Å². The predicted molar refractivity (Wildman–Crippen MR) is 103 cm³/mol. The molecule has 2 aromatic carbocycles. The maximum Gasteiger partial charge on any atom is 0.416 e. The van der Waals surface area contributed by atoms with Crippen LogP contribution in [0.5, 0.6) is 5.88 Å². The molecule has 0 aliphatic carbocycles. The van der Waals surface area contributed by atoms with Gasteiger partial charge in [-0.3, -0.25) is 4.79 Å². The zero-order valence-electron chi connectivity index (χ0n) is 15.5. The van der Waals surface area contributed by atoms with Gasteiger partial charge in [0.2, 0.25) is 11.8 Å². The van der Waals surface area contributed by atoms with Crippen LogP contribution in [0.15, 0.2) is 60.7 Å². The molecule has 4 rings (SSSR count). The minimum absolute atomic E-state index is 0.0685. The van der Waals surface area contributed by atoms with Gasteiger partial charge in [-0.05, 0) is 29.8 Å². The fourth-order valence-electron chi connectivity index (χ4n) is 3.43. The standard InChI is InChI=1S/C22H19F3N2O2/c23-22(24,25)17-8-5-15(6-9-17)13-21(28)27-12-11-18(14-27)29-20-10-7-16-3-1-2-4-19(16)26-20/h1-10,18H,11-14H2. The number of carbonyl (C=O) groups excluding carboxylic acids is 1. The lowest BCUT2D eigenvalue weighted by Crippen LogP contribution is -2.32. The van der Waals surface area contributed by atoms with E-state index in [4.69, 9.17) is 4.74 Å². The molecule has 0 bridgehead atoms. The van der Waals surface area contributed by atoms with Crippen molar-refractivity contribution in [2.45, 2.75) is 25.1 Å². The van der Waals surface area contributed by atoms with Gasteiger partial charge in [0, 0.05) is 24.4 Å². The molecule has 3 aromatic rings. The van der Waals surface area contributed by atoms with E-state index in [-0.39, 0.29) is 18.4 Å². The molecule has 1 aromatic heterocycles. The lowest BCUT2D eigenvalue weighted by molar-refractivity contribution is -0.137. The van der Waals surface area contributed by atoms with E-state index in [1.807, 2.05) is 36.4 Å². The van der Waals surface area contributed by atoms with E-state index in [0.29, 0.717) is 31.0 Å². The third-order valence-electron chi connectivity index (χ3n) is 4.99. The number of pyridine rings is 1. The summed E-state index contributed by atoms with van der Waals surface area (Å²) in [4.78, 5) is 18.7. The van der Waals surface area contributed by atoms with E-state index >= 15 is 0 Å². The Hall–Kier alpha value is -3.09. The fourth-order valence-corrected chi connectivity index (χ4v) is 3.43. The number of nitrogens with zero attached hydrogens (tertiary/aromatic N) is 2. The van der Waals surface area contributed by atoms with E-state index in [1.165, 1.54) is 12.1 Å². The average Bonchev–Trinajstić information content (AvgIpc) is 3.16. The maximum absolute atomic E-state index is 12.6. The van der Waals surface area contributed by atoms with Gasteiger partial charge in [-0.15, -0.1) is 0 Å². The average molecular weight is 400 g/mol. The number of amides is 1. The summed E-state index contributed by atoms with van der Waals surface area (Å²) in [6.45, 7) is 0.992. The molecular weight excluding hydrogens is 381 g/mol. The van der Waals surface area contributed by atoms with Crippen LogP contribution < -0.4 is 4.74 Å². The first kappa shape index (κ1) is 19.2. The van der Waals surface area contributed by atoms with Gasteiger partial charge in [0.25, 0.3) is 0 Å². The number of halogens is 3. The van der Waals surface area contributed by atoms with Crippen LogP contribution in [0.1, 0.15) is 17.5 Å². The van der Waals surface area contributed by atoms with Crippen molar-refractivity contribution in [1.82, 2.24) is 9.88 Å². The summed E-state index contributed by atoms with van der Waals surface area (Å²) in [5, 5.41) is 1.03. The van der Waals surface area contributed by atoms with Crippen molar-refractivity contribution in [1.29, 1.82) is 0 Å². The van der Waals surface area contributed by atoms with Gasteiger partial charge in [-0.1, -0.05) is 30.3 Å². The molecule has 1 fully saturated rings. The molecule has 4 nitrogen and oxygen atoms in total. The second-order valence-electron chi connectivity index (χ2n) is 7.08. The molecule has 2 heterocycles. The second-order valence-corrected chi connectivity index (χ2v) is 7.08. The molecule has 1 unspecified atom stereocenters. The lowest BCUT2D eigenvalue weighted by atomic mass is 10.1. The lowest BCUT2D eigenvalue weighted by Gasteiger charge is -2.17. The quantitative estimate of drug-likeness (QED) is 0.649. The number of carbonyl (C=O) groups is 1. The Kier molecular flexibility index (Phi) is 5.13. The smallest absolute Gasteiger partial charge is 0.416 e. The summed E-state index contributed by atoms with van der Waals surface area (Å²) in [7, 11) is 0. The third kappa shape index (κ3) is 4.50. The molecular formula is C22H19F3N2O2. The summed E-state index contributed by atoms with van der Waals surface area (Å²) in [6.07, 6.45) is -3.77. The monoisotopic (exact) mass is 400 g/mol. The fraction of sp³-hybridized carbons (Fsp3) is 0.273. The number of likely N-dealkylation sites (tertiary alicyclic amines) is 1. The van der Waals surface area contributed by atoms with Crippen molar-refractivity contribution in [3.05, 3.63) is 71.8 Å². The number of para-hydroxylation sites is 1. The highest BCUT2D eigenvalue weighted by molar-refractivity contribution is 5.79. The third-order valence-corrected chi connectivity index (χ3v) is 4.99. The van der Waals surface area contributed by atoms with Crippen molar-refractivity contribution in [3.63, 3.8) is 0 Å². The van der Waals surface area contributed by atoms with E-state index in [9.17, 15) is 18.0 Å². The van der Waals surface area contributed by atoms with Crippen LogP contribution in [0.3, 0.4) is 0 Å². The van der Waals surface area contributed by atoms with Crippen LogP contribution in [-0.4, -0.2) is 35.0 Å². The summed E-state index contributed by atoms with van der Waals surface area (Å²) in [5.74, 6) is 0.396. The number of aromatic nitrogens is 1. The Morgan fingerprint density at radius 2 is 1.83 bits per heavy atom. The summed E-state index contributed by atoms with van der Waals surface area (Å²) in [5.41, 5.74) is 0.688. The van der Waals surface area contributed by atoms with Crippen LogP contribution in [0.25, 0.3) is 10.9 Å². The van der Waals surface area contributed by atoms with Crippen LogP contribution >= 0.6 is 0 Å². The topological polar surface area (TPSA) is 42.4 Å². The normalized spacial score (nSPS) is 16.9. The number of hydrogen-bond donors (Lipinski definition) is 0. The number of ether oxygens (including phenoxy) is 1. The SMILES string of the molecule is O=C(Cc1ccc(C(F)(F)F)cc1)N1CCC(Oc2ccc3ccccc3n2)C1. The Bertz CT molecular complexity index is 1020. The molecule has 1 saturated heterocycles.